The average Bonchev–Trinajstić information content (AvgIpc) is 2.90. The Bertz CT molecular complexity index is 432. The van der Waals surface area contributed by atoms with Crippen molar-refractivity contribution in [2.24, 2.45) is 4.99 Å². The fourth-order valence-corrected chi connectivity index (χ4v) is 2.68. The lowest BCUT2D eigenvalue weighted by molar-refractivity contribution is 0.145. The van der Waals surface area contributed by atoms with E-state index in [0.29, 0.717) is 16.8 Å². The zero-order chi connectivity index (χ0) is 15.5. The molecule has 0 fully saturated rings. The number of aliphatic hydroxyl groups excluding tert-OH is 1. The number of thiophene rings is 1. The van der Waals surface area contributed by atoms with E-state index in [-0.39, 0.29) is 24.0 Å². The van der Waals surface area contributed by atoms with Crippen molar-refractivity contribution in [1.82, 2.24) is 10.6 Å². The number of ether oxygens (including phenoxy) is 1. The van der Waals surface area contributed by atoms with Gasteiger partial charge < -0.3 is 20.5 Å². The highest BCUT2D eigenvalue weighted by Gasteiger charge is 2.10. The third-order valence-electron chi connectivity index (χ3n) is 2.65. The van der Waals surface area contributed by atoms with Crippen LogP contribution in [0.1, 0.15) is 31.2 Å². The molecule has 5 nitrogen and oxygen atoms in total. The van der Waals surface area contributed by atoms with Crippen LogP contribution < -0.4 is 10.6 Å². The van der Waals surface area contributed by atoms with E-state index in [9.17, 15) is 5.11 Å². The highest BCUT2D eigenvalue weighted by Crippen LogP contribution is 2.26. The monoisotopic (exact) mass is 461 g/mol. The van der Waals surface area contributed by atoms with Crippen molar-refractivity contribution in [3.63, 3.8) is 0 Å². The van der Waals surface area contributed by atoms with Gasteiger partial charge in [0, 0.05) is 31.2 Å². The van der Waals surface area contributed by atoms with Crippen LogP contribution in [0.3, 0.4) is 0 Å². The van der Waals surface area contributed by atoms with Crippen LogP contribution in [0.4, 0.5) is 0 Å². The summed E-state index contributed by atoms with van der Waals surface area (Å²) in [6.45, 7) is 7.33. The van der Waals surface area contributed by atoms with E-state index in [0.717, 1.165) is 37.6 Å². The van der Waals surface area contributed by atoms with Crippen LogP contribution in [-0.4, -0.2) is 43.9 Å². The van der Waals surface area contributed by atoms with Gasteiger partial charge >= 0.3 is 0 Å². The Balaban J connectivity index is 0.00000441. The van der Waals surface area contributed by atoms with Crippen LogP contribution in [-0.2, 0) is 4.74 Å². The van der Waals surface area contributed by atoms with Crippen LogP contribution in [0.5, 0.6) is 0 Å². The molecule has 0 aliphatic heterocycles. The maximum absolute atomic E-state index is 10.1. The van der Waals surface area contributed by atoms with E-state index < -0.39 is 6.10 Å². The number of guanidine groups is 1. The molecule has 1 heterocycles. The molecule has 0 aromatic carbocycles. The van der Waals surface area contributed by atoms with Crippen molar-refractivity contribution in [1.29, 1.82) is 0 Å². The van der Waals surface area contributed by atoms with Gasteiger partial charge in [0.05, 0.1) is 10.9 Å². The van der Waals surface area contributed by atoms with Crippen LogP contribution in [0.2, 0.25) is 4.34 Å². The molecule has 1 aromatic heterocycles. The second-order valence-electron chi connectivity index (χ2n) is 4.35. The minimum atomic E-state index is -0.624. The topological polar surface area (TPSA) is 65.9 Å². The first-order chi connectivity index (χ1) is 10.2. The average molecular weight is 462 g/mol. The first-order valence-corrected chi connectivity index (χ1v) is 8.40. The third-order valence-corrected chi connectivity index (χ3v) is 3.98. The van der Waals surface area contributed by atoms with Crippen LogP contribution in [0.25, 0.3) is 0 Å². The molecule has 0 saturated heterocycles. The second-order valence-corrected chi connectivity index (χ2v) is 6.10. The van der Waals surface area contributed by atoms with Gasteiger partial charge in [-0.2, -0.15) is 0 Å². The molecule has 1 atom stereocenters. The number of aliphatic imine (C=N–C) groups is 1. The summed E-state index contributed by atoms with van der Waals surface area (Å²) in [5, 5.41) is 16.4. The Morgan fingerprint density at radius 1 is 1.41 bits per heavy atom. The van der Waals surface area contributed by atoms with Crippen molar-refractivity contribution in [3.05, 3.63) is 21.3 Å². The molecule has 128 valence electrons. The number of nitrogens with one attached hydrogen (secondary N) is 2. The SMILES string of the molecule is CCNC(=NCC(O)c1ccc(Cl)s1)NCCCOCC.I. The first kappa shape index (κ1) is 21.9. The highest BCUT2D eigenvalue weighted by atomic mass is 127. The summed E-state index contributed by atoms with van der Waals surface area (Å²) in [7, 11) is 0. The largest absolute Gasteiger partial charge is 0.386 e. The molecule has 8 heteroatoms. The maximum atomic E-state index is 10.1. The van der Waals surface area contributed by atoms with Crippen LogP contribution in [0.15, 0.2) is 17.1 Å². The minimum Gasteiger partial charge on any atom is -0.386 e. The number of nitrogens with zero attached hydrogens (tertiary/aromatic N) is 1. The summed E-state index contributed by atoms with van der Waals surface area (Å²) >= 11 is 7.24. The lowest BCUT2D eigenvalue weighted by Gasteiger charge is -2.12. The Morgan fingerprint density at radius 3 is 2.77 bits per heavy atom. The molecule has 3 N–H and O–H groups in total. The van der Waals surface area contributed by atoms with Gasteiger partial charge in [-0.15, -0.1) is 35.3 Å². The van der Waals surface area contributed by atoms with Gasteiger partial charge in [0.15, 0.2) is 5.96 Å². The summed E-state index contributed by atoms with van der Waals surface area (Å²) in [5.41, 5.74) is 0. The molecule has 0 bridgehead atoms. The van der Waals surface area contributed by atoms with Crippen molar-refractivity contribution in [2.75, 3.05) is 32.8 Å². The number of hydrogen-bond donors (Lipinski definition) is 3. The predicted octanol–water partition coefficient (Wildman–Crippen LogP) is 3.03. The summed E-state index contributed by atoms with van der Waals surface area (Å²) in [6.07, 6.45) is 0.294. The van der Waals surface area contributed by atoms with Gasteiger partial charge in [-0.1, -0.05) is 11.6 Å². The van der Waals surface area contributed by atoms with Gasteiger partial charge in [0.2, 0.25) is 0 Å². The van der Waals surface area contributed by atoms with E-state index in [4.69, 9.17) is 16.3 Å². The molecule has 0 amide bonds. The Hall–Kier alpha value is -0.0900. The molecule has 22 heavy (non-hydrogen) atoms. The number of hydrogen-bond acceptors (Lipinski definition) is 4. The molecule has 0 spiro atoms. The molecule has 0 aliphatic rings. The summed E-state index contributed by atoms with van der Waals surface area (Å²) < 4.78 is 5.96. The molecular formula is C14H25ClIN3O2S. The van der Waals surface area contributed by atoms with Crippen molar-refractivity contribution < 1.29 is 9.84 Å². The van der Waals surface area contributed by atoms with Crippen LogP contribution >= 0.6 is 46.9 Å². The minimum absolute atomic E-state index is 0. The smallest absolute Gasteiger partial charge is 0.191 e. The Morgan fingerprint density at radius 2 is 2.18 bits per heavy atom. The van der Waals surface area contributed by atoms with Gasteiger partial charge in [-0.05, 0) is 32.4 Å². The summed E-state index contributed by atoms with van der Waals surface area (Å²) in [4.78, 5) is 5.21. The van der Waals surface area contributed by atoms with E-state index in [1.54, 1.807) is 6.07 Å². The standard InChI is InChI=1S/C14H24ClN3O2S.HI/c1-3-16-14(17-8-5-9-20-4-2)18-10-11(19)12-6-7-13(15)21-12;/h6-7,11,19H,3-5,8-10H2,1-2H3,(H2,16,17,18);1H. The molecule has 1 unspecified atom stereocenters. The van der Waals surface area contributed by atoms with E-state index in [2.05, 4.69) is 15.6 Å². The highest BCUT2D eigenvalue weighted by molar-refractivity contribution is 14.0. The Labute approximate surface area is 158 Å². The predicted molar refractivity (Wildman–Crippen MR) is 105 cm³/mol. The second kappa shape index (κ2) is 13.4. The normalized spacial score (nSPS) is 12.6. The van der Waals surface area contributed by atoms with Crippen molar-refractivity contribution in [3.8, 4) is 0 Å². The molecule has 0 saturated carbocycles. The van der Waals surface area contributed by atoms with Gasteiger partial charge in [-0.25, -0.2) is 0 Å². The van der Waals surface area contributed by atoms with Crippen molar-refractivity contribution >= 4 is 52.9 Å². The van der Waals surface area contributed by atoms with E-state index in [1.807, 2.05) is 19.9 Å². The number of aliphatic hydroxyl groups is 1. The lowest BCUT2D eigenvalue weighted by Crippen LogP contribution is -2.38. The molecule has 0 aliphatic carbocycles. The fourth-order valence-electron chi connectivity index (χ4n) is 1.64. The lowest BCUT2D eigenvalue weighted by atomic mass is 10.3. The van der Waals surface area contributed by atoms with Gasteiger partial charge in [0.25, 0.3) is 0 Å². The van der Waals surface area contributed by atoms with Gasteiger partial charge in [0.1, 0.15) is 6.10 Å². The molecule has 1 rings (SSSR count). The fraction of sp³-hybridized carbons (Fsp3) is 0.643. The molecular weight excluding hydrogens is 437 g/mol. The number of halogens is 2. The van der Waals surface area contributed by atoms with E-state index >= 15 is 0 Å². The zero-order valence-corrected chi connectivity index (χ0v) is 16.9. The summed E-state index contributed by atoms with van der Waals surface area (Å²) in [5.74, 6) is 0.704. The van der Waals surface area contributed by atoms with Crippen LogP contribution in [0, 0.1) is 0 Å². The van der Waals surface area contributed by atoms with Crippen molar-refractivity contribution in [2.45, 2.75) is 26.4 Å². The quantitative estimate of drug-likeness (QED) is 0.229. The Kier molecular flexibility index (Phi) is 13.3. The summed E-state index contributed by atoms with van der Waals surface area (Å²) in [6, 6.07) is 3.61. The third kappa shape index (κ3) is 9.14. The van der Waals surface area contributed by atoms with Gasteiger partial charge in [-0.3, -0.25) is 4.99 Å². The number of rotatable bonds is 9. The maximum Gasteiger partial charge on any atom is 0.191 e. The van der Waals surface area contributed by atoms with E-state index in [1.165, 1.54) is 11.3 Å². The molecule has 0 radical (unpaired) electrons. The molecule has 1 aromatic rings. The zero-order valence-electron chi connectivity index (χ0n) is 13.0. The first-order valence-electron chi connectivity index (χ1n) is 7.20.